The molecule has 0 aliphatic carbocycles. The standard InChI is InChI=1S/C20H32N4O3.HI/c1-4-14-26-16-18-9-7-6-8-17(18)15-22-19(21-3)23-10-12-24(13-11-23)20(25)27-5-2;/h6-9H,4-5,10-16H2,1-3H3,(H,21,22);1H. The molecular weight excluding hydrogens is 471 g/mol. The highest BCUT2D eigenvalue weighted by molar-refractivity contribution is 14.0. The summed E-state index contributed by atoms with van der Waals surface area (Å²) in [6.07, 6.45) is 0.784. The lowest BCUT2D eigenvalue weighted by Crippen LogP contribution is -2.53. The number of carbonyl (C=O) groups is 1. The minimum absolute atomic E-state index is 0. The molecule has 1 amide bonds. The average molecular weight is 504 g/mol. The molecule has 7 nitrogen and oxygen atoms in total. The largest absolute Gasteiger partial charge is 0.450 e. The molecule has 0 saturated carbocycles. The lowest BCUT2D eigenvalue weighted by molar-refractivity contribution is 0.0914. The number of benzene rings is 1. The highest BCUT2D eigenvalue weighted by Gasteiger charge is 2.23. The van der Waals surface area contributed by atoms with Gasteiger partial charge in [-0.15, -0.1) is 24.0 Å². The van der Waals surface area contributed by atoms with Gasteiger partial charge in [0.25, 0.3) is 0 Å². The molecule has 158 valence electrons. The SMILES string of the molecule is CCCOCc1ccccc1CNC(=NC)N1CCN(C(=O)OCC)CC1.I. The predicted octanol–water partition coefficient (Wildman–Crippen LogP) is 3.08. The second-order valence-corrected chi connectivity index (χ2v) is 6.40. The Kier molecular flexibility index (Phi) is 11.9. The van der Waals surface area contributed by atoms with Gasteiger partial charge in [0.15, 0.2) is 5.96 Å². The predicted molar refractivity (Wildman–Crippen MR) is 122 cm³/mol. The van der Waals surface area contributed by atoms with E-state index in [2.05, 4.69) is 34.3 Å². The summed E-state index contributed by atoms with van der Waals surface area (Å²) >= 11 is 0. The van der Waals surface area contributed by atoms with Gasteiger partial charge in [0.05, 0.1) is 13.2 Å². The van der Waals surface area contributed by atoms with Gasteiger partial charge in [0.1, 0.15) is 0 Å². The van der Waals surface area contributed by atoms with Gasteiger partial charge >= 0.3 is 6.09 Å². The van der Waals surface area contributed by atoms with Crippen molar-refractivity contribution in [2.45, 2.75) is 33.4 Å². The number of ether oxygens (including phenoxy) is 2. The van der Waals surface area contributed by atoms with Crippen LogP contribution in [-0.2, 0) is 22.6 Å². The van der Waals surface area contributed by atoms with Gasteiger partial charge in [-0.05, 0) is 24.5 Å². The van der Waals surface area contributed by atoms with E-state index in [4.69, 9.17) is 9.47 Å². The van der Waals surface area contributed by atoms with Crippen LogP contribution in [0.2, 0.25) is 0 Å². The normalized spacial score (nSPS) is 14.5. The molecular formula is C20H33IN4O3. The second kappa shape index (κ2) is 13.6. The number of rotatable bonds is 7. The van der Waals surface area contributed by atoms with Crippen molar-refractivity contribution in [3.05, 3.63) is 35.4 Å². The lowest BCUT2D eigenvalue weighted by atomic mass is 10.1. The van der Waals surface area contributed by atoms with Crippen molar-refractivity contribution < 1.29 is 14.3 Å². The van der Waals surface area contributed by atoms with E-state index < -0.39 is 0 Å². The first-order chi connectivity index (χ1) is 13.2. The lowest BCUT2D eigenvalue weighted by Gasteiger charge is -2.35. The van der Waals surface area contributed by atoms with Crippen molar-refractivity contribution in [1.29, 1.82) is 0 Å². The van der Waals surface area contributed by atoms with E-state index in [0.717, 1.165) is 32.1 Å². The Morgan fingerprint density at radius 2 is 1.75 bits per heavy atom. The van der Waals surface area contributed by atoms with Gasteiger partial charge in [-0.3, -0.25) is 4.99 Å². The molecule has 1 aliphatic heterocycles. The maximum atomic E-state index is 11.8. The second-order valence-electron chi connectivity index (χ2n) is 6.40. The van der Waals surface area contributed by atoms with Gasteiger partial charge in [0.2, 0.25) is 0 Å². The molecule has 0 radical (unpaired) electrons. The van der Waals surface area contributed by atoms with Gasteiger partial charge in [-0.1, -0.05) is 31.2 Å². The summed E-state index contributed by atoms with van der Waals surface area (Å²) in [4.78, 5) is 20.1. The quantitative estimate of drug-likeness (QED) is 0.268. The van der Waals surface area contributed by atoms with E-state index in [1.54, 1.807) is 11.9 Å². The third kappa shape index (κ3) is 7.46. The highest BCUT2D eigenvalue weighted by Crippen LogP contribution is 2.11. The van der Waals surface area contributed by atoms with E-state index in [9.17, 15) is 4.79 Å². The van der Waals surface area contributed by atoms with Crippen LogP contribution in [0.3, 0.4) is 0 Å². The molecule has 1 saturated heterocycles. The first-order valence-electron chi connectivity index (χ1n) is 9.71. The molecule has 0 bridgehead atoms. The summed E-state index contributed by atoms with van der Waals surface area (Å²) in [5.74, 6) is 0.850. The van der Waals surface area contributed by atoms with Gasteiger partial charge in [0, 0.05) is 46.4 Å². The Labute approximate surface area is 185 Å². The van der Waals surface area contributed by atoms with Crippen molar-refractivity contribution in [1.82, 2.24) is 15.1 Å². The summed E-state index contributed by atoms with van der Waals surface area (Å²) < 4.78 is 10.8. The molecule has 1 fully saturated rings. The molecule has 28 heavy (non-hydrogen) atoms. The number of amides is 1. The molecule has 0 spiro atoms. The Bertz CT molecular complexity index is 619. The smallest absolute Gasteiger partial charge is 0.409 e. The molecule has 0 unspecified atom stereocenters. The van der Waals surface area contributed by atoms with E-state index >= 15 is 0 Å². The monoisotopic (exact) mass is 504 g/mol. The van der Waals surface area contributed by atoms with E-state index in [-0.39, 0.29) is 30.1 Å². The summed E-state index contributed by atoms with van der Waals surface area (Å²) in [6, 6.07) is 8.30. The molecule has 0 aromatic heterocycles. The first kappa shape index (κ1) is 24.5. The van der Waals surface area contributed by atoms with E-state index in [1.807, 2.05) is 19.1 Å². The molecule has 8 heteroatoms. The number of halogens is 1. The first-order valence-corrected chi connectivity index (χ1v) is 9.71. The number of aliphatic imine (C=N–C) groups is 1. The fourth-order valence-electron chi connectivity index (χ4n) is 3.02. The Hall–Kier alpha value is -1.55. The fourth-order valence-corrected chi connectivity index (χ4v) is 3.02. The average Bonchev–Trinajstić information content (AvgIpc) is 2.70. The van der Waals surface area contributed by atoms with Crippen molar-refractivity contribution >= 4 is 36.0 Å². The summed E-state index contributed by atoms with van der Waals surface area (Å²) in [7, 11) is 1.79. The maximum Gasteiger partial charge on any atom is 0.409 e. The molecule has 1 N–H and O–H groups in total. The molecule has 1 aromatic carbocycles. The maximum absolute atomic E-state index is 11.8. The van der Waals surface area contributed by atoms with Crippen molar-refractivity contribution in [3.63, 3.8) is 0 Å². The van der Waals surface area contributed by atoms with Crippen LogP contribution in [0.15, 0.2) is 29.3 Å². The number of carbonyl (C=O) groups excluding carboxylic acids is 1. The third-order valence-electron chi connectivity index (χ3n) is 4.48. The van der Waals surface area contributed by atoms with E-state index in [1.165, 1.54) is 11.1 Å². The van der Waals surface area contributed by atoms with Crippen molar-refractivity contribution in [2.75, 3.05) is 46.4 Å². The number of guanidine groups is 1. The zero-order valence-corrected chi connectivity index (χ0v) is 19.5. The Balaban J connectivity index is 0.00000392. The summed E-state index contributed by atoms with van der Waals surface area (Å²) in [5, 5.41) is 3.44. The zero-order chi connectivity index (χ0) is 19.5. The van der Waals surface area contributed by atoms with Gasteiger partial charge in [-0.2, -0.15) is 0 Å². The van der Waals surface area contributed by atoms with E-state index in [0.29, 0.717) is 32.8 Å². The van der Waals surface area contributed by atoms with Crippen LogP contribution in [0.25, 0.3) is 0 Å². The third-order valence-corrected chi connectivity index (χ3v) is 4.48. The minimum Gasteiger partial charge on any atom is -0.450 e. The highest BCUT2D eigenvalue weighted by atomic mass is 127. The van der Waals surface area contributed by atoms with Crippen LogP contribution in [0, 0.1) is 0 Å². The number of piperazine rings is 1. The van der Waals surface area contributed by atoms with Crippen LogP contribution in [0.4, 0.5) is 4.79 Å². The van der Waals surface area contributed by atoms with Crippen LogP contribution in [0.5, 0.6) is 0 Å². The van der Waals surface area contributed by atoms with Gasteiger partial charge < -0.3 is 24.6 Å². The number of nitrogens with one attached hydrogen (secondary N) is 1. The molecule has 0 atom stereocenters. The van der Waals surface area contributed by atoms with Crippen LogP contribution in [-0.4, -0.2) is 68.3 Å². The Morgan fingerprint density at radius 3 is 2.36 bits per heavy atom. The summed E-state index contributed by atoms with van der Waals surface area (Å²) in [5.41, 5.74) is 2.40. The van der Waals surface area contributed by atoms with Crippen molar-refractivity contribution in [2.24, 2.45) is 4.99 Å². The molecule has 1 aliphatic rings. The number of hydrogen-bond acceptors (Lipinski definition) is 4. The topological polar surface area (TPSA) is 66.4 Å². The molecule has 1 heterocycles. The zero-order valence-electron chi connectivity index (χ0n) is 17.1. The fraction of sp³-hybridized carbons (Fsp3) is 0.600. The molecule has 2 rings (SSSR count). The van der Waals surface area contributed by atoms with Crippen molar-refractivity contribution in [3.8, 4) is 0 Å². The molecule has 1 aromatic rings. The van der Waals surface area contributed by atoms with Crippen LogP contribution >= 0.6 is 24.0 Å². The van der Waals surface area contributed by atoms with Crippen LogP contribution < -0.4 is 5.32 Å². The summed E-state index contributed by atoms with van der Waals surface area (Å²) in [6.45, 7) is 9.18. The number of nitrogens with zero attached hydrogens (tertiary/aromatic N) is 3. The Morgan fingerprint density at radius 1 is 1.11 bits per heavy atom. The minimum atomic E-state index is -0.235. The van der Waals surface area contributed by atoms with Gasteiger partial charge in [-0.25, -0.2) is 4.79 Å². The van der Waals surface area contributed by atoms with Crippen LogP contribution in [0.1, 0.15) is 31.4 Å². The number of hydrogen-bond donors (Lipinski definition) is 1.